The summed E-state index contributed by atoms with van der Waals surface area (Å²) in [5, 5.41) is 3.44. The van der Waals surface area contributed by atoms with E-state index in [1.54, 1.807) is 0 Å². The minimum Gasteiger partial charge on any atom is -0.382 e. The molecule has 1 saturated heterocycles. The molecule has 2 nitrogen and oxygen atoms in total. The maximum absolute atomic E-state index is 5.59. The number of thioether (sulfide) groups is 1. The molecule has 0 radical (unpaired) electrons. The van der Waals surface area contributed by atoms with Gasteiger partial charge in [0.1, 0.15) is 0 Å². The Hall–Kier alpha value is -0.670. The van der Waals surface area contributed by atoms with Crippen molar-refractivity contribution in [3.8, 4) is 0 Å². The molecule has 1 unspecified atom stereocenters. The second-order valence-electron chi connectivity index (χ2n) is 4.35. The fraction of sp³-hybridized carbons (Fsp3) is 0.571. The third-order valence-electron chi connectivity index (χ3n) is 2.98. The molecule has 17 heavy (non-hydrogen) atoms. The molecule has 0 saturated carbocycles. The maximum atomic E-state index is 5.59. The van der Waals surface area contributed by atoms with E-state index in [0.717, 1.165) is 18.9 Å². The highest BCUT2D eigenvalue weighted by Crippen LogP contribution is 2.17. The van der Waals surface area contributed by atoms with Crippen LogP contribution in [0, 0.1) is 0 Å². The van der Waals surface area contributed by atoms with Crippen LogP contribution in [0.2, 0.25) is 0 Å². The molecule has 1 atom stereocenters. The first-order chi connectivity index (χ1) is 8.38. The summed E-state index contributed by atoms with van der Waals surface area (Å²) in [5.74, 6) is 2.29. The zero-order valence-electron chi connectivity index (χ0n) is 10.4. The highest BCUT2D eigenvalue weighted by atomic mass is 32.2. The molecule has 1 aromatic carbocycles. The maximum Gasteiger partial charge on any atom is 0.0748 e. The molecular weight excluding hydrogens is 230 g/mol. The Morgan fingerprint density at radius 3 is 2.82 bits per heavy atom. The summed E-state index contributed by atoms with van der Waals surface area (Å²) in [6.45, 7) is 4.06. The number of benzene rings is 1. The third-order valence-corrected chi connectivity index (χ3v) is 3.93. The van der Waals surface area contributed by atoms with Crippen molar-refractivity contribution in [2.45, 2.75) is 31.6 Å². The van der Waals surface area contributed by atoms with Crippen molar-refractivity contribution in [1.82, 2.24) is 0 Å². The van der Waals surface area contributed by atoms with Gasteiger partial charge in [-0.2, -0.15) is 11.8 Å². The van der Waals surface area contributed by atoms with Crippen LogP contribution in [0.15, 0.2) is 24.3 Å². The van der Waals surface area contributed by atoms with Crippen LogP contribution in [0.4, 0.5) is 5.69 Å². The minimum atomic E-state index is 0.408. The van der Waals surface area contributed by atoms with Crippen LogP contribution in [0.1, 0.15) is 25.3 Å². The van der Waals surface area contributed by atoms with Crippen molar-refractivity contribution < 1.29 is 4.74 Å². The van der Waals surface area contributed by atoms with Gasteiger partial charge in [-0.15, -0.1) is 0 Å². The molecule has 0 bridgehead atoms. The highest BCUT2D eigenvalue weighted by Gasteiger charge is 2.14. The quantitative estimate of drug-likeness (QED) is 0.835. The van der Waals surface area contributed by atoms with Gasteiger partial charge < -0.3 is 10.1 Å². The lowest BCUT2D eigenvalue weighted by Gasteiger charge is -2.12. The smallest absolute Gasteiger partial charge is 0.0748 e. The van der Waals surface area contributed by atoms with Gasteiger partial charge in [-0.3, -0.25) is 0 Å². The molecule has 1 heterocycles. The van der Waals surface area contributed by atoms with Crippen molar-refractivity contribution in [3.63, 3.8) is 0 Å². The van der Waals surface area contributed by atoms with Gasteiger partial charge >= 0.3 is 0 Å². The predicted octanol–water partition coefficient (Wildman–Crippen LogP) is 3.53. The van der Waals surface area contributed by atoms with Crippen molar-refractivity contribution in [1.29, 1.82) is 0 Å². The van der Waals surface area contributed by atoms with Crippen LogP contribution in [0.5, 0.6) is 0 Å². The van der Waals surface area contributed by atoms with E-state index in [0.29, 0.717) is 6.10 Å². The van der Waals surface area contributed by atoms with Crippen LogP contribution in [0.25, 0.3) is 0 Å². The van der Waals surface area contributed by atoms with E-state index in [2.05, 4.69) is 36.5 Å². The van der Waals surface area contributed by atoms with Gasteiger partial charge in [-0.25, -0.2) is 0 Å². The Morgan fingerprint density at radius 1 is 1.35 bits per heavy atom. The summed E-state index contributed by atoms with van der Waals surface area (Å²) in [5.41, 5.74) is 2.60. The van der Waals surface area contributed by atoms with Gasteiger partial charge in [-0.1, -0.05) is 19.1 Å². The molecule has 0 spiro atoms. The summed E-state index contributed by atoms with van der Waals surface area (Å²) in [7, 11) is 0. The van der Waals surface area contributed by atoms with E-state index in [-0.39, 0.29) is 0 Å². The SMILES string of the molecule is CCSCc1ccc(NCC2CCCO2)cc1. The van der Waals surface area contributed by atoms with Crippen molar-refractivity contribution in [3.05, 3.63) is 29.8 Å². The van der Waals surface area contributed by atoms with Gasteiger partial charge in [-0.05, 0) is 36.3 Å². The first-order valence-electron chi connectivity index (χ1n) is 6.40. The Morgan fingerprint density at radius 2 is 2.18 bits per heavy atom. The predicted molar refractivity (Wildman–Crippen MR) is 75.7 cm³/mol. The second-order valence-corrected chi connectivity index (χ2v) is 5.62. The van der Waals surface area contributed by atoms with Gasteiger partial charge in [0.25, 0.3) is 0 Å². The number of rotatable bonds is 6. The summed E-state index contributed by atoms with van der Waals surface area (Å²) in [4.78, 5) is 0. The first-order valence-corrected chi connectivity index (χ1v) is 7.56. The zero-order chi connectivity index (χ0) is 11.9. The second kappa shape index (κ2) is 6.92. The molecular formula is C14H21NOS. The standard InChI is InChI=1S/C14H21NOS/c1-2-17-11-12-5-7-13(8-6-12)15-10-14-4-3-9-16-14/h5-8,14-15H,2-4,9-11H2,1H3. The number of hydrogen-bond acceptors (Lipinski definition) is 3. The zero-order valence-corrected chi connectivity index (χ0v) is 11.3. The monoisotopic (exact) mass is 251 g/mol. The van der Waals surface area contributed by atoms with E-state index < -0.39 is 0 Å². The molecule has 94 valence electrons. The van der Waals surface area contributed by atoms with Crippen LogP contribution in [-0.2, 0) is 10.5 Å². The number of nitrogens with one attached hydrogen (secondary N) is 1. The lowest BCUT2D eigenvalue weighted by Crippen LogP contribution is -2.18. The number of hydrogen-bond donors (Lipinski definition) is 1. The molecule has 1 fully saturated rings. The van der Waals surface area contributed by atoms with Crippen molar-refractivity contribution >= 4 is 17.4 Å². The van der Waals surface area contributed by atoms with Crippen LogP contribution < -0.4 is 5.32 Å². The summed E-state index contributed by atoms with van der Waals surface area (Å²) < 4.78 is 5.59. The van der Waals surface area contributed by atoms with Gasteiger partial charge in [0.05, 0.1) is 6.10 Å². The Bertz CT molecular complexity index is 319. The van der Waals surface area contributed by atoms with E-state index in [4.69, 9.17) is 4.74 Å². The number of ether oxygens (including phenoxy) is 1. The van der Waals surface area contributed by atoms with Gasteiger partial charge in [0, 0.05) is 24.6 Å². The molecule has 0 amide bonds. The van der Waals surface area contributed by atoms with Crippen LogP contribution in [0.3, 0.4) is 0 Å². The van der Waals surface area contributed by atoms with E-state index >= 15 is 0 Å². The van der Waals surface area contributed by atoms with E-state index in [1.165, 1.54) is 29.8 Å². The fourth-order valence-corrected chi connectivity index (χ4v) is 2.61. The third kappa shape index (κ3) is 4.25. The molecule has 3 heteroatoms. The van der Waals surface area contributed by atoms with E-state index in [1.807, 2.05) is 11.8 Å². The molecule has 2 rings (SSSR count). The number of anilines is 1. The largest absolute Gasteiger partial charge is 0.382 e. The highest BCUT2D eigenvalue weighted by molar-refractivity contribution is 7.98. The summed E-state index contributed by atoms with van der Waals surface area (Å²) in [6.07, 6.45) is 2.81. The lowest BCUT2D eigenvalue weighted by atomic mass is 10.2. The fourth-order valence-electron chi connectivity index (χ4n) is 1.98. The Kier molecular flexibility index (Phi) is 5.20. The van der Waals surface area contributed by atoms with Crippen LogP contribution >= 0.6 is 11.8 Å². The normalized spacial score (nSPS) is 19.5. The van der Waals surface area contributed by atoms with E-state index in [9.17, 15) is 0 Å². The molecule has 1 aliphatic rings. The Balaban J connectivity index is 1.76. The molecule has 1 aromatic rings. The average Bonchev–Trinajstić information content (AvgIpc) is 2.88. The molecule has 1 N–H and O–H groups in total. The van der Waals surface area contributed by atoms with Gasteiger partial charge in [0.2, 0.25) is 0 Å². The Labute approximate surface area is 108 Å². The first kappa shape index (κ1) is 12.8. The molecule has 0 aliphatic carbocycles. The molecule has 0 aromatic heterocycles. The van der Waals surface area contributed by atoms with Crippen molar-refractivity contribution in [2.75, 3.05) is 24.2 Å². The summed E-state index contributed by atoms with van der Waals surface area (Å²) >= 11 is 1.96. The molecule has 1 aliphatic heterocycles. The topological polar surface area (TPSA) is 21.3 Å². The average molecular weight is 251 g/mol. The summed E-state index contributed by atoms with van der Waals surface area (Å²) in [6, 6.07) is 8.75. The van der Waals surface area contributed by atoms with Crippen LogP contribution in [-0.4, -0.2) is 25.0 Å². The minimum absolute atomic E-state index is 0.408. The van der Waals surface area contributed by atoms with Gasteiger partial charge in [0.15, 0.2) is 0 Å². The van der Waals surface area contributed by atoms with Crippen molar-refractivity contribution in [2.24, 2.45) is 0 Å². The lowest BCUT2D eigenvalue weighted by molar-refractivity contribution is 0.120.